The predicted octanol–water partition coefficient (Wildman–Crippen LogP) is 3.40. The molecule has 1 heterocycles. The average molecular weight is 284 g/mol. The second kappa shape index (κ2) is 6.12. The van der Waals surface area contributed by atoms with E-state index in [1.807, 2.05) is 18.2 Å². The maximum atomic E-state index is 6.20. The molecule has 1 N–H and O–H groups in total. The number of rotatable bonds is 5. The van der Waals surface area contributed by atoms with E-state index in [-0.39, 0.29) is 5.60 Å². The van der Waals surface area contributed by atoms with E-state index in [1.165, 1.54) is 0 Å². The Kier molecular flexibility index (Phi) is 4.71. The van der Waals surface area contributed by atoms with E-state index in [4.69, 9.17) is 21.1 Å². The molecular formula is C15H22ClNO2. The van der Waals surface area contributed by atoms with Gasteiger partial charge in [-0.05, 0) is 38.8 Å². The van der Waals surface area contributed by atoms with Gasteiger partial charge in [-0.15, -0.1) is 0 Å². The van der Waals surface area contributed by atoms with E-state index >= 15 is 0 Å². The van der Waals surface area contributed by atoms with Crippen LogP contribution in [0.15, 0.2) is 18.2 Å². The van der Waals surface area contributed by atoms with Crippen LogP contribution in [0.1, 0.15) is 32.3 Å². The molecule has 1 unspecified atom stereocenters. The average Bonchev–Trinajstić information content (AvgIpc) is 2.71. The summed E-state index contributed by atoms with van der Waals surface area (Å²) < 4.78 is 11.3. The maximum absolute atomic E-state index is 6.20. The molecule has 1 aromatic rings. The first kappa shape index (κ1) is 14.6. The van der Waals surface area contributed by atoms with Crippen molar-refractivity contribution in [2.45, 2.75) is 44.9 Å². The Morgan fingerprint density at radius 1 is 1.47 bits per heavy atom. The van der Waals surface area contributed by atoms with Crippen LogP contribution in [0.3, 0.4) is 0 Å². The summed E-state index contributed by atoms with van der Waals surface area (Å²) in [6.45, 7) is 5.83. The van der Waals surface area contributed by atoms with Gasteiger partial charge < -0.3 is 14.8 Å². The van der Waals surface area contributed by atoms with Gasteiger partial charge in [-0.1, -0.05) is 17.7 Å². The third-order valence-corrected chi connectivity index (χ3v) is 3.88. The Morgan fingerprint density at radius 2 is 2.26 bits per heavy atom. The molecule has 0 bridgehead atoms. The molecule has 106 valence electrons. The minimum Gasteiger partial charge on any atom is -0.496 e. The first-order valence-corrected chi connectivity index (χ1v) is 7.09. The quantitative estimate of drug-likeness (QED) is 0.898. The molecule has 1 atom stereocenters. The van der Waals surface area contributed by atoms with Crippen molar-refractivity contribution in [2.75, 3.05) is 13.7 Å². The fourth-order valence-electron chi connectivity index (χ4n) is 2.48. The van der Waals surface area contributed by atoms with Gasteiger partial charge in [0.25, 0.3) is 0 Å². The molecule has 1 aromatic carbocycles. The summed E-state index contributed by atoms with van der Waals surface area (Å²) in [6, 6.07) is 5.71. The van der Waals surface area contributed by atoms with Gasteiger partial charge in [0.15, 0.2) is 0 Å². The van der Waals surface area contributed by atoms with Gasteiger partial charge >= 0.3 is 0 Å². The molecule has 1 aliphatic rings. The molecule has 19 heavy (non-hydrogen) atoms. The molecule has 3 nitrogen and oxygen atoms in total. The van der Waals surface area contributed by atoms with Gasteiger partial charge in [0, 0.05) is 23.7 Å². The summed E-state index contributed by atoms with van der Waals surface area (Å²) in [5.74, 6) is 0.827. The zero-order chi connectivity index (χ0) is 13.9. The van der Waals surface area contributed by atoms with E-state index in [0.29, 0.717) is 12.6 Å². The molecule has 0 aliphatic carbocycles. The Morgan fingerprint density at radius 3 is 2.89 bits per heavy atom. The fraction of sp³-hybridized carbons (Fsp3) is 0.600. The number of benzene rings is 1. The highest BCUT2D eigenvalue weighted by atomic mass is 35.5. The highest BCUT2D eigenvalue weighted by Gasteiger charge is 2.31. The highest BCUT2D eigenvalue weighted by molar-refractivity contribution is 6.31. The van der Waals surface area contributed by atoms with Crippen molar-refractivity contribution < 1.29 is 9.47 Å². The number of ether oxygens (including phenoxy) is 2. The van der Waals surface area contributed by atoms with Crippen LogP contribution in [0.4, 0.5) is 0 Å². The lowest BCUT2D eigenvalue weighted by molar-refractivity contribution is -0.0143. The zero-order valence-corrected chi connectivity index (χ0v) is 12.6. The molecule has 2 rings (SSSR count). The van der Waals surface area contributed by atoms with Gasteiger partial charge in [-0.2, -0.15) is 0 Å². The normalized spacial score (nSPS) is 21.6. The largest absolute Gasteiger partial charge is 0.496 e. The summed E-state index contributed by atoms with van der Waals surface area (Å²) >= 11 is 6.20. The molecule has 1 fully saturated rings. The smallest absolute Gasteiger partial charge is 0.124 e. The van der Waals surface area contributed by atoms with Crippen LogP contribution in [0.25, 0.3) is 0 Å². The summed E-state index contributed by atoms with van der Waals surface area (Å²) in [7, 11) is 1.66. The minimum absolute atomic E-state index is 0.0223. The lowest BCUT2D eigenvalue weighted by Gasteiger charge is -2.19. The van der Waals surface area contributed by atoms with Gasteiger partial charge in [0.05, 0.1) is 18.8 Å². The van der Waals surface area contributed by atoms with Crippen LogP contribution in [0.2, 0.25) is 5.02 Å². The van der Waals surface area contributed by atoms with Gasteiger partial charge in [-0.25, -0.2) is 0 Å². The number of methoxy groups -OCH3 is 1. The molecule has 0 radical (unpaired) electrons. The van der Waals surface area contributed by atoms with E-state index in [0.717, 1.165) is 35.7 Å². The summed E-state index contributed by atoms with van der Waals surface area (Å²) in [5, 5.41) is 4.14. The zero-order valence-electron chi connectivity index (χ0n) is 11.8. The molecule has 0 saturated carbocycles. The van der Waals surface area contributed by atoms with Crippen molar-refractivity contribution in [3.05, 3.63) is 28.8 Å². The Hall–Kier alpha value is -0.770. The predicted molar refractivity (Wildman–Crippen MR) is 77.9 cm³/mol. The lowest BCUT2D eigenvalue weighted by atomic mass is 10.1. The van der Waals surface area contributed by atoms with E-state index in [1.54, 1.807) is 7.11 Å². The van der Waals surface area contributed by atoms with E-state index in [2.05, 4.69) is 19.2 Å². The van der Waals surface area contributed by atoms with Crippen LogP contribution < -0.4 is 10.1 Å². The summed E-state index contributed by atoms with van der Waals surface area (Å²) in [4.78, 5) is 0. The second-order valence-electron chi connectivity index (χ2n) is 5.59. The number of nitrogens with one attached hydrogen (secondary N) is 1. The topological polar surface area (TPSA) is 30.5 Å². The number of hydrogen-bond donors (Lipinski definition) is 1. The Balaban J connectivity index is 1.86. The van der Waals surface area contributed by atoms with Crippen molar-refractivity contribution in [1.82, 2.24) is 5.32 Å². The standard InChI is InChI=1S/C15H22ClNO2/c1-15(2)8-7-11(19-15)9-17-10-12-13(16)5-4-6-14(12)18-3/h4-6,11,17H,7-10H2,1-3H3. The first-order chi connectivity index (χ1) is 9.02. The van der Waals surface area contributed by atoms with Crippen molar-refractivity contribution in [3.8, 4) is 5.75 Å². The van der Waals surface area contributed by atoms with Gasteiger partial charge in [0.2, 0.25) is 0 Å². The first-order valence-electron chi connectivity index (χ1n) is 6.72. The van der Waals surface area contributed by atoms with Crippen LogP contribution >= 0.6 is 11.6 Å². The van der Waals surface area contributed by atoms with Crippen LogP contribution in [0, 0.1) is 0 Å². The van der Waals surface area contributed by atoms with Crippen LogP contribution in [0.5, 0.6) is 5.75 Å². The number of halogens is 1. The third kappa shape index (κ3) is 3.85. The van der Waals surface area contributed by atoms with Crippen molar-refractivity contribution >= 4 is 11.6 Å². The van der Waals surface area contributed by atoms with Crippen molar-refractivity contribution in [3.63, 3.8) is 0 Å². The molecule has 4 heteroatoms. The fourth-order valence-corrected chi connectivity index (χ4v) is 2.71. The van der Waals surface area contributed by atoms with Gasteiger partial charge in [-0.3, -0.25) is 0 Å². The Labute approximate surface area is 120 Å². The highest BCUT2D eigenvalue weighted by Crippen LogP contribution is 2.29. The molecule has 0 amide bonds. The maximum Gasteiger partial charge on any atom is 0.124 e. The van der Waals surface area contributed by atoms with Crippen LogP contribution in [-0.4, -0.2) is 25.4 Å². The Bertz CT molecular complexity index is 434. The number of hydrogen-bond acceptors (Lipinski definition) is 3. The molecule has 1 aliphatic heterocycles. The summed E-state index contributed by atoms with van der Waals surface area (Å²) in [5.41, 5.74) is 1.03. The molecule has 1 saturated heterocycles. The van der Waals surface area contributed by atoms with Crippen molar-refractivity contribution in [1.29, 1.82) is 0 Å². The molecule has 0 aromatic heterocycles. The second-order valence-corrected chi connectivity index (χ2v) is 6.00. The SMILES string of the molecule is COc1cccc(Cl)c1CNCC1CCC(C)(C)O1. The van der Waals surface area contributed by atoms with E-state index in [9.17, 15) is 0 Å². The lowest BCUT2D eigenvalue weighted by Crippen LogP contribution is -2.29. The third-order valence-electron chi connectivity index (χ3n) is 3.52. The summed E-state index contributed by atoms with van der Waals surface area (Å²) in [6.07, 6.45) is 2.53. The van der Waals surface area contributed by atoms with E-state index < -0.39 is 0 Å². The molecule has 0 spiro atoms. The monoisotopic (exact) mass is 283 g/mol. The van der Waals surface area contributed by atoms with Crippen molar-refractivity contribution in [2.24, 2.45) is 0 Å². The minimum atomic E-state index is 0.0223. The van der Waals surface area contributed by atoms with Crippen LogP contribution in [-0.2, 0) is 11.3 Å². The molecular weight excluding hydrogens is 262 g/mol. The van der Waals surface area contributed by atoms with Gasteiger partial charge in [0.1, 0.15) is 5.75 Å².